The van der Waals surface area contributed by atoms with Crippen LogP contribution in [0.5, 0.6) is 5.75 Å². The second-order valence-corrected chi connectivity index (χ2v) is 8.52. The number of fused-ring (bicyclic) bond motifs is 1. The van der Waals surface area contributed by atoms with Crippen molar-refractivity contribution in [1.29, 1.82) is 0 Å². The molecular formula is C22H24Cl2N2O2. The van der Waals surface area contributed by atoms with Crippen LogP contribution in [0.2, 0.25) is 10.0 Å². The van der Waals surface area contributed by atoms with Crippen LogP contribution in [-0.2, 0) is 17.8 Å². The smallest absolute Gasteiger partial charge is 0.227 e. The summed E-state index contributed by atoms with van der Waals surface area (Å²) >= 11 is 12.0. The molecule has 2 aromatic rings. The molecular weight excluding hydrogens is 395 g/mol. The van der Waals surface area contributed by atoms with Gasteiger partial charge in [0.05, 0.1) is 5.92 Å². The fourth-order valence-electron chi connectivity index (χ4n) is 3.93. The minimum atomic E-state index is -0.155. The Balaban J connectivity index is 1.25. The molecule has 0 aliphatic carbocycles. The van der Waals surface area contributed by atoms with Gasteiger partial charge in [-0.05, 0) is 60.7 Å². The Morgan fingerprint density at radius 1 is 1.07 bits per heavy atom. The SMILES string of the molecule is O=C(NC1CCN(Cc2ccc(Cl)cc2)CC1)C1COc2ccc(Cl)cc2C1. The molecule has 2 aliphatic rings. The van der Waals surface area contributed by atoms with Crippen molar-refractivity contribution in [3.05, 3.63) is 63.6 Å². The first kappa shape index (κ1) is 19.6. The highest BCUT2D eigenvalue weighted by molar-refractivity contribution is 6.30. The van der Waals surface area contributed by atoms with Gasteiger partial charge in [0.1, 0.15) is 12.4 Å². The van der Waals surface area contributed by atoms with Crippen LogP contribution in [0.25, 0.3) is 0 Å². The van der Waals surface area contributed by atoms with E-state index in [4.69, 9.17) is 27.9 Å². The highest BCUT2D eigenvalue weighted by Crippen LogP contribution is 2.30. The van der Waals surface area contributed by atoms with Crippen molar-refractivity contribution in [1.82, 2.24) is 10.2 Å². The van der Waals surface area contributed by atoms with Crippen LogP contribution >= 0.6 is 23.2 Å². The molecule has 0 spiro atoms. The molecule has 2 aliphatic heterocycles. The highest BCUT2D eigenvalue weighted by atomic mass is 35.5. The summed E-state index contributed by atoms with van der Waals surface area (Å²) in [6, 6.07) is 13.8. The normalized spacial score (nSPS) is 20.3. The van der Waals surface area contributed by atoms with Gasteiger partial charge in [-0.15, -0.1) is 0 Å². The predicted molar refractivity (Wildman–Crippen MR) is 112 cm³/mol. The van der Waals surface area contributed by atoms with Crippen LogP contribution in [0.1, 0.15) is 24.0 Å². The van der Waals surface area contributed by atoms with Gasteiger partial charge in [-0.25, -0.2) is 0 Å². The first-order chi connectivity index (χ1) is 13.6. The molecule has 0 saturated carbocycles. The Hall–Kier alpha value is -1.75. The number of amides is 1. The van der Waals surface area contributed by atoms with E-state index in [1.807, 2.05) is 30.3 Å². The summed E-state index contributed by atoms with van der Waals surface area (Å²) in [6.45, 7) is 3.31. The fraction of sp³-hybridized carbons (Fsp3) is 0.409. The fourth-order valence-corrected chi connectivity index (χ4v) is 4.25. The van der Waals surface area contributed by atoms with E-state index in [1.54, 1.807) is 0 Å². The molecule has 4 rings (SSSR count). The first-order valence-corrected chi connectivity index (χ1v) is 10.5. The van der Waals surface area contributed by atoms with Gasteiger partial charge >= 0.3 is 0 Å². The minimum Gasteiger partial charge on any atom is -0.492 e. The molecule has 1 saturated heterocycles. The van der Waals surface area contributed by atoms with E-state index in [-0.39, 0.29) is 17.9 Å². The third-order valence-electron chi connectivity index (χ3n) is 5.55. The van der Waals surface area contributed by atoms with Crippen molar-refractivity contribution in [2.24, 2.45) is 5.92 Å². The number of carbonyl (C=O) groups is 1. The van der Waals surface area contributed by atoms with E-state index in [0.717, 1.165) is 48.8 Å². The third-order valence-corrected chi connectivity index (χ3v) is 6.04. The topological polar surface area (TPSA) is 41.6 Å². The molecule has 2 heterocycles. The number of nitrogens with zero attached hydrogens (tertiary/aromatic N) is 1. The molecule has 1 amide bonds. The van der Waals surface area contributed by atoms with E-state index in [2.05, 4.69) is 22.3 Å². The Labute approximate surface area is 175 Å². The highest BCUT2D eigenvalue weighted by Gasteiger charge is 2.29. The average Bonchev–Trinajstić information content (AvgIpc) is 2.70. The van der Waals surface area contributed by atoms with Crippen molar-refractivity contribution < 1.29 is 9.53 Å². The number of ether oxygens (including phenoxy) is 1. The number of piperidine rings is 1. The lowest BCUT2D eigenvalue weighted by atomic mass is 9.95. The maximum absolute atomic E-state index is 12.7. The third kappa shape index (κ3) is 4.80. The van der Waals surface area contributed by atoms with Gasteiger partial charge in [0.25, 0.3) is 0 Å². The molecule has 1 unspecified atom stereocenters. The van der Waals surface area contributed by atoms with Crippen molar-refractivity contribution in [3.63, 3.8) is 0 Å². The average molecular weight is 419 g/mol. The number of carbonyl (C=O) groups excluding carboxylic acids is 1. The number of nitrogens with one attached hydrogen (secondary N) is 1. The van der Waals surface area contributed by atoms with Crippen LogP contribution in [0.4, 0.5) is 0 Å². The summed E-state index contributed by atoms with van der Waals surface area (Å²) in [5.41, 5.74) is 2.28. The van der Waals surface area contributed by atoms with Crippen molar-refractivity contribution in [2.75, 3.05) is 19.7 Å². The van der Waals surface area contributed by atoms with Crippen LogP contribution in [0, 0.1) is 5.92 Å². The van der Waals surface area contributed by atoms with Gasteiger partial charge in [-0.2, -0.15) is 0 Å². The molecule has 28 heavy (non-hydrogen) atoms. The van der Waals surface area contributed by atoms with E-state index >= 15 is 0 Å². The quantitative estimate of drug-likeness (QED) is 0.803. The minimum absolute atomic E-state index is 0.0850. The number of rotatable bonds is 4. The molecule has 0 radical (unpaired) electrons. The van der Waals surface area contributed by atoms with Gasteiger partial charge in [0.2, 0.25) is 5.91 Å². The van der Waals surface area contributed by atoms with E-state index < -0.39 is 0 Å². The number of likely N-dealkylation sites (tertiary alicyclic amines) is 1. The first-order valence-electron chi connectivity index (χ1n) is 9.75. The predicted octanol–water partition coefficient (Wildman–Crippen LogP) is 4.33. The van der Waals surface area contributed by atoms with Crippen LogP contribution < -0.4 is 10.1 Å². The Morgan fingerprint density at radius 3 is 2.54 bits per heavy atom. The Bertz CT molecular complexity index is 833. The summed E-state index contributed by atoms with van der Waals surface area (Å²) in [7, 11) is 0. The van der Waals surface area contributed by atoms with Crippen LogP contribution in [0.3, 0.4) is 0 Å². The summed E-state index contributed by atoms with van der Waals surface area (Å²) in [5.74, 6) is 0.767. The van der Waals surface area contributed by atoms with Crippen molar-refractivity contribution >= 4 is 29.1 Å². The van der Waals surface area contributed by atoms with Crippen molar-refractivity contribution in [2.45, 2.75) is 31.8 Å². The van der Waals surface area contributed by atoms with E-state index in [1.165, 1.54) is 5.56 Å². The molecule has 6 heteroatoms. The molecule has 1 N–H and O–H groups in total. The zero-order valence-corrected chi connectivity index (χ0v) is 17.2. The largest absolute Gasteiger partial charge is 0.492 e. The van der Waals surface area contributed by atoms with Gasteiger partial charge < -0.3 is 10.1 Å². The molecule has 2 aromatic carbocycles. The van der Waals surface area contributed by atoms with Crippen LogP contribution in [0.15, 0.2) is 42.5 Å². The number of halogens is 2. The summed E-state index contributed by atoms with van der Waals surface area (Å²) in [6.07, 6.45) is 2.61. The number of hydrogen-bond donors (Lipinski definition) is 1. The monoisotopic (exact) mass is 418 g/mol. The lowest BCUT2D eigenvalue weighted by molar-refractivity contribution is -0.127. The van der Waals surface area contributed by atoms with Crippen molar-refractivity contribution in [3.8, 4) is 5.75 Å². The maximum Gasteiger partial charge on any atom is 0.227 e. The maximum atomic E-state index is 12.7. The molecule has 1 fully saturated rings. The zero-order chi connectivity index (χ0) is 19.5. The second-order valence-electron chi connectivity index (χ2n) is 7.65. The molecule has 4 nitrogen and oxygen atoms in total. The second kappa shape index (κ2) is 8.73. The number of benzene rings is 2. The lowest BCUT2D eigenvalue weighted by Gasteiger charge is -2.33. The zero-order valence-electron chi connectivity index (χ0n) is 15.7. The summed E-state index contributed by atoms with van der Waals surface area (Å²) in [4.78, 5) is 15.1. The summed E-state index contributed by atoms with van der Waals surface area (Å²) < 4.78 is 5.76. The molecule has 0 bridgehead atoms. The van der Waals surface area contributed by atoms with Gasteiger partial charge in [-0.3, -0.25) is 9.69 Å². The lowest BCUT2D eigenvalue weighted by Crippen LogP contribution is -2.47. The molecule has 148 valence electrons. The summed E-state index contributed by atoms with van der Waals surface area (Å²) in [5, 5.41) is 4.67. The van der Waals surface area contributed by atoms with Gasteiger partial charge in [0.15, 0.2) is 0 Å². The van der Waals surface area contributed by atoms with Gasteiger partial charge in [0, 0.05) is 35.7 Å². The molecule has 0 aromatic heterocycles. The Morgan fingerprint density at radius 2 is 1.79 bits per heavy atom. The van der Waals surface area contributed by atoms with Gasteiger partial charge in [-0.1, -0.05) is 35.3 Å². The van der Waals surface area contributed by atoms with Crippen LogP contribution in [-0.4, -0.2) is 36.5 Å². The van der Waals surface area contributed by atoms with E-state index in [9.17, 15) is 4.79 Å². The molecule has 1 atom stereocenters. The standard InChI is InChI=1S/C22H24Cl2N2O2/c23-18-3-1-15(2-4-18)13-26-9-7-20(8-10-26)25-22(27)17-11-16-12-19(24)5-6-21(16)28-14-17/h1-6,12,17,20H,7-11,13-14H2,(H,25,27). The Kier molecular flexibility index (Phi) is 6.10. The number of hydrogen-bond acceptors (Lipinski definition) is 3. The van der Waals surface area contributed by atoms with E-state index in [0.29, 0.717) is 18.1 Å².